The van der Waals surface area contributed by atoms with Gasteiger partial charge in [0.05, 0.1) is 17.1 Å². The van der Waals surface area contributed by atoms with Crippen molar-refractivity contribution in [3.8, 4) is 33.4 Å². The number of benzene rings is 7. The molecule has 224 valence electrons. The molecule has 9 rings (SSSR count). The van der Waals surface area contributed by atoms with Gasteiger partial charge in [0, 0.05) is 28.3 Å². The lowest BCUT2D eigenvalue weighted by atomic mass is 9.92. The number of furan rings is 1. The van der Waals surface area contributed by atoms with Gasteiger partial charge in [-0.2, -0.15) is 0 Å². The van der Waals surface area contributed by atoms with Crippen LogP contribution in [0, 0.1) is 13.8 Å². The second-order valence-corrected chi connectivity index (χ2v) is 12.5. The Morgan fingerprint density at radius 2 is 1.13 bits per heavy atom. The summed E-state index contributed by atoms with van der Waals surface area (Å²) in [5.41, 5.74) is 18.1. The number of aryl methyl sites for hydroxylation is 1. The van der Waals surface area contributed by atoms with Gasteiger partial charge in [-0.25, -0.2) is 0 Å². The highest BCUT2D eigenvalue weighted by Crippen LogP contribution is 2.52. The molecule has 7 aromatic carbocycles. The van der Waals surface area contributed by atoms with Crippen LogP contribution in [-0.2, 0) is 6.42 Å². The molecule has 47 heavy (non-hydrogen) atoms. The number of nitrogens with zero attached hydrogens (tertiary/aromatic N) is 1. The second kappa shape index (κ2) is 10.9. The van der Waals surface area contributed by atoms with Crippen molar-refractivity contribution >= 4 is 39.0 Å². The molecule has 0 aliphatic heterocycles. The smallest absolute Gasteiger partial charge is 0.136 e. The topological polar surface area (TPSA) is 16.4 Å². The number of para-hydroxylation sites is 3. The van der Waals surface area contributed by atoms with E-state index in [9.17, 15) is 0 Å². The summed E-state index contributed by atoms with van der Waals surface area (Å²) >= 11 is 0. The van der Waals surface area contributed by atoms with Gasteiger partial charge in [-0.05, 0) is 82.6 Å². The predicted octanol–water partition coefficient (Wildman–Crippen LogP) is 12.6. The summed E-state index contributed by atoms with van der Waals surface area (Å²) in [6, 6.07) is 54.6. The van der Waals surface area contributed by atoms with Crippen molar-refractivity contribution in [1.29, 1.82) is 0 Å². The second-order valence-electron chi connectivity index (χ2n) is 12.5. The molecule has 0 amide bonds. The average Bonchev–Trinajstić information content (AvgIpc) is 3.69. The maximum atomic E-state index is 6.38. The highest BCUT2D eigenvalue weighted by Gasteiger charge is 2.30. The average molecular weight is 604 g/mol. The van der Waals surface area contributed by atoms with E-state index in [-0.39, 0.29) is 0 Å². The third kappa shape index (κ3) is 4.33. The normalized spacial score (nSPS) is 12.0. The first kappa shape index (κ1) is 27.5. The molecule has 0 saturated heterocycles. The summed E-state index contributed by atoms with van der Waals surface area (Å²) < 4.78 is 6.38. The van der Waals surface area contributed by atoms with Crippen molar-refractivity contribution in [2.45, 2.75) is 20.3 Å². The fourth-order valence-corrected chi connectivity index (χ4v) is 7.60. The van der Waals surface area contributed by atoms with Crippen LogP contribution in [0.5, 0.6) is 0 Å². The summed E-state index contributed by atoms with van der Waals surface area (Å²) in [5, 5.41) is 2.28. The molecule has 1 aliphatic rings. The molecule has 0 saturated carbocycles. The number of fused-ring (bicyclic) bond motifs is 6. The number of hydrogen-bond acceptors (Lipinski definition) is 2. The Hall–Kier alpha value is -5.86. The van der Waals surface area contributed by atoms with E-state index in [1.165, 1.54) is 50.2 Å². The summed E-state index contributed by atoms with van der Waals surface area (Å²) in [5.74, 6) is 0. The van der Waals surface area contributed by atoms with Gasteiger partial charge in [0.15, 0.2) is 0 Å². The zero-order valence-corrected chi connectivity index (χ0v) is 26.5. The van der Waals surface area contributed by atoms with E-state index in [0.717, 1.165) is 50.9 Å². The van der Waals surface area contributed by atoms with Crippen molar-refractivity contribution in [2.75, 3.05) is 4.90 Å². The highest BCUT2D eigenvalue weighted by molar-refractivity contribution is 6.14. The van der Waals surface area contributed by atoms with Gasteiger partial charge in [-0.15, -0.1) is 0 Å². The monoisotopic (exact) mass is 603 g/mol. The molecule has 0 unspecified atom stereocenters. The van der Waals surface area contributed by atoms with E-state index >= 15 is 0 Å². The fourth-order valence-electron chi connectivity index (χ4n) is 7.60. The fraction of sp³-hybridized carbons (Fsp3) is 0.0667. The minimum absolute atomic E-state index is 0.899. The third-order valence-corrected chi connectivity index (χ3v) is 9.88. The van der Waals surface area contributed by atoms with E-state index in [4.69, 9.17) is 4.42 Å². The van der Waals surface area contributed by atoms with Gasteiger partial charge in [0.1, 0.15) is 11.2 Å². The molecular formula is C45H33NO. The predicted molar refractivity (Wildman–Crippen MR) is 197 cm³/mol. The summed E-state index contributed by atoms with van der Waals surface area (Å²) in [4.78, 5) is 2.55. The lowest BCUT2D eigenvalue weighted by Crippen LogP contribution is -2.16. The first-order valence-electron chi connectivity index (χ1n) is 16.3. The highest BCUT2D eigenvalue weighted by atomic mass is 16.3. The maximum Gasteiger partial charge on any atom is 0.136 e. The van der Waals surface area contributed by atoms with Gasteiger partial charge in [-0.3, -0.25) is 0 Å². The molecule has 1 heterocycles. The Labute approximate surface area is 275 Å². The minimum Gasteiger partial charge on any atom is -0.456 e. The van der Waals surface area contributed by atoms with Gasteiger partial charge >= 0.3 is 0 Å². The first-order chi connectivity index (χ1) is 23.2. The summed E-state index contributed by atoms with van der Waals surface area (Å²) in [6.07, 6.45) is 0.899. The molecule has 0 fully saturated rings. The Balaban J connectivity index is 1.39. The zero-order valence-electron chi connectivity index (χ0n) is 26.5. The van der Waals surface area contributed by atoms with Crippen LogP contribution < -0.4 is 4.90 Å². The lowest BCUT2D eigenvalue weighted by Gasteiger charge is -2.33. The lowest BCUT2D eigenvalue weighted by molar-refractivity contribution is 0.669. The largest absolute Gasteiger partial charge is 0.456 e. The van der Waals surface area contributed by atoms with E-state index in [1.54, 1.807) is 0 Å². The molecule has 1 aliphatic carbocycles. The maximum absolute atomic E-state index is 6.38. The van der Waals surface area contributed by atoms with Crippen molar-refractivity contribution in [3.05, 3.63) is 174 Å². The molecule has 0 atom stereocenters. The zero-order chi connectivity index (χ0) is 31.5. The molecule has 0 spiro atoms. The molecule has 2 nitrogen and oxygen atoms in total. The van der Waals surface area contributed by atoms with E-state index in [0.29, 0.717) is 0 Å². The van der Waals surface area contributed by atoms with Crippen LogP contribution in [0.1, 0.15) is 22.3 Å². The Morgan fingerprint density at radius 1 is 0.511 bits per heavy atom. The van der Waals surface area contributed by atoms with Gasteiger partial charge in [0.2, 0.25) is 0 Å². The van der Waals surface area contributed by atoms with Crippen molar-refractivity contribution < 1.29 is 4.42 Å². The van der Waals surface area contributed by atoms with Crippen LogP contribution >= 0.6 is 0 Å². The Kier molecular flexibility index (Phi) is 6.36. The minimum atomic E-state index is 0.899. The number of rotatable bonds is 5. The molecular weight excluding hydrogens is 571 g/mol. The molecule has 0 N–H and O–H groups in total. The van der Waals surface area contributed by atoms with Gasteiger partial charge in [-0.1, -0.05) is 127 Å². The van der Waals surface area contributed by atoms with Crippen LogP contribution in [0.15, 0.2) is 156 Å². The van der Waals surface area contributed by atoms with Crippen molar-refractivity contribution in [2.24, 2.45) is 0 Å². The number of anilines is 3. The number of hydrogen-bond donors (Lipinski definition) is 0. The Bertz CT molecular complexity index is 2470. The van der Waals surface area contributed by atoms with Crippen molar-refractivity contribution in [3.63, 3.8) is 0 Å². The quantitative estimate of drug-likeness (QED) is 0.195. The summed E-state index contributed by atoms with van der Waals surface area (Å²) in [6.45, 7) is 4.55. The van der Waals surface area contributed by atoms with Gasteiger partial charge in [0.25, 0.3) is 0 Å². The molecule has 8 aromatic rings. The van der Waals surface area contributed by atoms with Crippen LogP contribution in [0.4, 0.5) is 17.1 Å². The molecule has 0 bridgehead atoms. The van der Waals surface area contributed by atoms with Crippen LogP contribution in [0.3, 0.4) is 0 Å². The SMILES string of the molecule is Cc1cc2c(c(N(c3ccccc3-c3ccccc3)c3ccccc3-c3cccc4oc5ccccc5c34)c1C)Cc1ccccc1-2. The Morgan fingerprint density at radius 3 is 1.96 bits per heavy atom. The van der Waals surface area contributed by atoms with E-state index < -0.39 is 0 Å². The van der Waals surface area contributed by atoms with Crippen molar-refractivity contribution in [1.82, 2.24) is 0 Å². The summed E-state index contributed by atoms with van der Waals surface area (Å²) in [7, 11) is 0. The third-order valence-electron chi connectivity index (χ3n) is 9.88. The molecule has 1 aromatic heterocycles. The first-order valence-corrected chi connectivity index (χ1v) is 16.3. The van der Waals surface area contributed by atoms with Crippen LogP contribution in [0.2, 0.25) is 0 Å². The van der Waals surface area contributed by atoms with E-state index in [2.05, 4.69) is 164 Å². The molecule has 2 heteroatoms. The molecule has 0 radical (unpaired) electrons. The van der Waals surface area contributed by atoms with Crippen LogP contribution in [-0.4, -0.2) is 0 Å². The van der Waals surface area contributed by atoms with Gasteiger partial charge < -0.3 is 9.32 Å². The van der Waals surface area contributed by atoms with Crippen LogP contribution in [0.25, 0.3) is 55.3 Å². The van der Waals surface area contributed by atoms with E-state index in [1.807, 2.05) is 6.07 Å². The standard InChI is InChI=1S/C45H33NO/c1-29-27-38-33-18-7-6-17-32(33)28-39(38)45(30(29)2)46(40-23-11-8-19-34(40)31-15-4-3-5-16-31)41-24-12-9-20-35(41)36-22-14-26-43-44(36)37-21-10-13-25-42(37)47-43/h3-27H,28H2,1-2H3.